The van der Waals surface area contributed by atoms with Gasteiger partial charge in [0.05, 0.1) is 18.1 Å². The molecular weight excluding hydrogens is 286 g/mol. The topological polar surface area (TPSA) is 54.5 Å². The highest BCUT2D eigenvalue weighted by Crippen LogP contribution is 2.20. The molecule has 4 nitrogen and oxygen atoms in total. The van der Waals surface area contributed by atoms with Gasteiger partial charge in [0.25, 0.3) is 0 Å². The summed E-state index contributed by atoms with van der Waals surface area (Å²) in [5.41, 5.74) is 3.90. The fourth-order valence-corrected chi connectivity index (χ4v) is 4.98. The van der Waals surface area contributed by atoms with Crippen molar-refractivity contribution in [1.82, 2.24) is 4.90 Å². The van der Waals surface area contributed by atoms with E-state index < -0.39 is 9.84 Å². The van der Waals surface area contributed by atoms with Gasteiger partial charge in [-0.1, -0.05) is 17.7 Å². The van der Waals surface area contributed by atoms with E-state index in [0.29, 0.717) is 6.42 Å². The van der Waals surface area contributed by atoms with Gasteiger partial charge >= 0.3 is 0 Å². The Hall–Kier alpha value is -1.20. The number of sulfone groups is 1. The quantitative estimate of drug-likeness (QED) is 0.797. The zero-order chi connectivity index (χ0) is 15.8. The van der Waals surface area contributed by atoms with Gasteiger partial charge in [-0.15, -0.1) is 0 Å². The van der Waals surface area contributed by atoms with E-state index >= 15 is 0 Å². The van der Waals surface area contributed by atoms with Crippen LogP contribution >= 0.6 is 0 Å². The zero-order valence-corrected chi connectivity index (χ0v) is 14.0. The minimum absolute atomic E-state index is 0.0370. The molecule has 1 atom stereocenters. The molecule has 1 heterocycles. The van der Waals surface area contributed by atoms with E-state index in [1.165, 1.54) is 0 Å². The monoisotopic (exact) mass is 309 g/mol. The second-order valence-electron chi connectivity index (χ2n) is 6.17. The molecule has 0 aliphatic carbocycles. The molecular formula is C16H23NO3S. The van der Waals surface area contributed by atoms with Crippen molar-refractivity contribution < 1.29 is 13.2 Å². The van der Waals surface area contributed by atoms with Crippen LogP contribution in [0.4, 0.5) is 0 Å². The summed E-state index contributed by atoms with van der Waals surface area (Å²) in [4.78, 5) is 14.4. The molecule has 0 aromatic heterocycles. The number of nitrogens with zero attached hydrogens (tertiary/aromatic N) is 1. The lowest BCUT2D eigenvalue weighted by Crippen LogP contribution is -2.37. The smallest absolute Gasteiger partial charge is 0.177 e. The van der Waals surface area contributed by atoms with Gasteiger partial charge in [0.2, 0.25) is 0 Å². The summed E-state index contributed by atoms with van der Waals surface area (Å²) in [5, 5.41) is 0. The standard InChI is InChI=1S/C16H23NO3S/c1-11-7-12(2)16(13(3)8-11)15(18)9-17(4)14-5-6-21(19,20)10-14/h7-8,14H,5-6,9-10H2,1-4H3. The van der Waals surface area contributed by atoms with Crippen molar-refractivity contribution in [2.75, 3.05) is 25.1 Å². The molecule has 1 aliphatic heterocycles. The summed E-state index contributed by atoms with van der Waals surface area (Å²) < 4.78 is 23.1. The second kappa shape index (κ2) is 5.89. The molecule has 0 spiro atoms. The number of benzene rings is 1. The summed E-state index contributed by atoms with van der Waals surface area (Å²) in [6.07, 6.45) is 0.623. The number of likely N-dealkylation sites (N-methyl/N-ethyl adjacent to an activating group) is 1. The molecule has 5 heteroatoms. The number of ketones is 1. The van der Waals surface area contributed by atoms with Gasteiger partial charge in [-0.2, -0.15) is 0 Å². The van der Waals surface area contributed by atoms with Crippen LogP contribution < -0.4 is 0 Å². The van der Waals surface area contributed by atoms with Gasteiger partial charge in [0.15, 0.2) is 15.6 Å². The van der Waals surface area contributed by atoms with Gasteiger partial charge < -0.3 is 0 Å². The third kappa shape index (κ3) is 3.71. The molecule has 0 radical (unpaired) electrons. The van der Waals surface area contributed by atoms with Crippen LogP contribution in [-0.4, -0.2) is 50.2 Å². The van der Waals surface area contributed by atoms with Crippen LogP contribution in [0.15, 0.2) is 12.1 Å². The summed E-state index contributed by atoms with van der Waals surface area (Å²) in [7, 11) is -1.08. The van der Waals surface area contributed by atoms with Crippen molar-refractivity contribution in [3.63, 3.8) is 0 Å². The van der Waals surface area contributed by atoms with E-state index in [1.807, 2.05) is 44.9 Å². The van der Waals surface area contributed by atoms with Crippen molar-refractivity contribution in [3.8, 4) is 0 Å². The van der Waals surface area contributed by atoms with Gasteiger partial charge in [0, 0.05) is 11.6 Å². The molecule has 1 aliphatic rings. The molecule has 1 aromatic rings. The zero-order valence-electron chi connectivity index (χ0n) is 13.1. The predicted octanol–water partition coefficient (Wildman–Crippen LogP) is 1.91. The molecule has 1 fully saturated rings. The van der Waals surface area contributed by atoms with Crippen molar-refractivity contribution in [3.05, 3.63) is 34.4 Å². The Morgan fingerprint density at radius 1 is 1.24 bits per heavy atom. The Morgan fingerprint density at radius 2 is 1.81 bits per heavy atom. The number of hydrogen-bond acceptors (Lipinski definition) is 4. The predicted molar refractivity (Wildman–Crippen MR) is 84.7 cm³/mol. The second-order valence-corrected chi connectivity index (χ2v) is 8.40. The van der Waals surface area contributed by atoms with Crippen LogP contribution in [0.1, 0.15) is 33.5 Å². The summed E-state index contributed by atoms with van der Waals surface area (Å²) in [5.74, 6) is 0.471. The van der Waals surface area contributed by atoms with E-state index in [1.54, 1.807) is 0 Å². The largest absolute Gasteiger partial charge is 0.295 e. The lowest BCUT2D eigenvalue weighted by atomic mass is 9.96. The third-order valence-electron chi connectivity index (χ3n) is 4.18. The normalized spacial score (nSPS) is 20.9. The van der Waals surface area contributed by atoms with Crippen LogP contribution in [0, 0.1) is 20.8 Å². The fraction of sp³-hybridized carbons (Fsp3) is 0.562. The Kier molecular flexibility index (Phi) is 4.54. The number of Topliss-reactive ketones (excluding diaryl/α,β-unsaturated/α-hetero) is 1. The first-order chi connectivity index (χ1) is 9.69. The maximum absolute atomic E-state index is 12.5. The van der Waals surface area contributed by atoms with Crippen LogP contribution in [0.2, 0.25) is 0 Å². The first-order valence-electron chi connectivity index (χ1n) is 7.21. The van der Waals surface area contributed by atoms with Crippen molar-refractivity contribution >= 4 is 15.6 Å². The first kappa shape index (κ1) is 16.2. The Bertz CT molecular complexity index is 641. The Labute approximate surface area is 127 Å². The van der Waals surface area contributed by atoms with E-state index in [-0.39, 0.29) is 29.9 Å². The summed E-state index contributed by atoms with van der Waals surface area (Å²) in [6, 6.07) is 3.99. The highest BCUT2D eigenvalue weighted by Gasteiger charge is 2.31. The molecule has 0 saturated carbocycles. The molecule has 1 saturated heterocycles. The van der Waals surface area contributed by atoms with Gasteiger partial charge in [-0.3, -0.25) is 9.69 Å². The lowest BCUT2D eigenvalue weighted by Gasteiger charge is -2.23. The van der Waals surface area contributed by atoms with Crippen LogP contribution in [0.5, 0.6) is 0 Å². The van der Waals surface area contributed by atoms with E-state index in [2.05, 4.69) is 0 Å². The van der Waals surface area contributed by atoms with E-state index in [0.717, 1.165) is 22.3 Å². The molecule has 1 unspecified atom stereocenters. The van der Waals surface area contributed by atoms with Crippen molar-refractivity contribution in [2.24, 2.45) is 0 Å². The number of aryl methyl sites for hydroxylation is 3. The van der Waals surface area contributed by atoms with Crippen molar-refractivity contribution in [1.29, 1.82) is 0 Å². The molecule has 116 valence electrons. The minimum atomic E-state index is -2.92. The number of rotatable bonds is 4. The van der Waals surface area contributed by atoms with Crippen LogP contribution in [-0.2, 0) is 9.84 Å². The molecule has 0 amide bonds. The SMILES string of the molecule is Cc1cc(C)c(C(=O)CN(C)C2CCS(=O)(=O)C2)c(C)c1. The number of hydrogen-bond donors (Lipinski definition) is 0. The molecule has 1 aromatic carbocycles. The minimum Gasteiger partial charge on any atom is -0.295 e. The van der Waals surface area contributed by atoms with E-state index in [9.17, 15) is 13.2 Å². The number of carbonyl (C=O) groups is 1. The van der Waals surface area contributed by atoms with Gasteiger partial charge in [-0.25, -0.2) is 8.42 Å². The first-order valence-corrected chi connectivity index (χ1v) is 9.03. The highest BCUT2D eigenvalue weighted by atomic mass is 32.2. The molecule has 21 heavy (non-hydrogen) atoms. The summed E-state index contributed by atoms with van der Waals surface area (Å²) >= 11 is 0. The van der Waals surface area contributed by atoms with E-state index in [4.69, 9.17) is 0 Å². The Balaban J connectivity index is 2.12. The van der Waals surface area contributed by atoms with Gasteiger partial charge in [0.1, 0.15) is 0 Å². The Morgan fingerprint density at radius 3 is 2.29 bits per heavy atom. The molecule has 0 bridgehead atoms. The average Bonchev–Trinajstić information content (AvgIpc) is 2.68. The summed E-state index contributed by atoms with van der Waals surface area (Å²) in [6.45, 7) is 6.19. The maximum atomic E-state index is 12.5. The average molecular weight is 309 g/mol. The fourth-order valence-electron chi connectivity index (χ4n) is 3.18. The molecule has 0 N–H and O–H groups in total. The van der Waals surface area contributed by atoms with Crippen molar-refractivity contribution in [2.45, 2.75) is 33.2 Å². The van der Waals surface area contributed by atoms with Gasteiger partial charge in [-0.05, 0) is 45.4 Å². The number of carbonyl (C=O) groups excluding carboxylic acids is 1. The lowest BCUT2D eigenvalue weighted by molar-refractivity contribution is 0.0925. The van der Waals surface area contributed by atoms with Crippen LogP contribution in [0.25, 0.3) is 0 Å². The molecule has 2 rings (SSSR count). The van der Waals surface area contributed by atoms with Crippen LogP contribution in [0.3, 0.4) is 0 Å². The highest BCUT2D eigenvalue weighted by molar-refractivity contribution is 7.91. The third-order valence-corrected chi connectivity index (χ3v) is 5.93. The maximum Gasteiger partial charge on any atom is 0.177 e.